The first-order valence-corrected chi connectivity index (χ1v) is 8.78. The Morgan fingerprint density at radius 3 is 2.72 bits per heavy atom. The van der Waals surface area contributed by atoms with E-state index in [-0.39, 0.29) is 35.5 Å². The van der Waals surface area contributed by atoms with Gasteiger partial charge in [-0.05, 0) is 31.9 Å². The lowest BCUT2D eigenvalue weighted by Crippen LogP contribution is -2.47. The number of amides is 2. The molecule has 2 amide bonds. The molecule has 0 radical (unpaired) electrons. The summed E-state index contributed by atoms with van der Waals surface area (Å²) >= 11 is 0. The van der Waals surface area contributed by atoms with Gasteiger partial charge >= 0.3 is 0 Å². The first kappa shape index (κ1) is 19.1. The molecule has 1 aliphatic heterocycles. The number of nitrogens with one attached hydrogen (secondary N) is 1. The highest BCUT2D eigenvalue weighted by Crippen LogP contribution is 2.21. The van der Waals surface area contributed by atoms with Gasteiger partial charge in [0.15, 0.2) is 5.78 Å². The average molecular weight is 348 g/mol. The van der Waals surface area contributed by atoms with Crippen LogP contribution < -0.4 is 5.32 Å². The predicted octanol–water partition coefficient (Wildman–Crippen LogP) is 2.41. The van der Waals surface area contributed by atoms with Crippen LogP contribution in [0.15, 0.2) is 24.3 Å². The van der Waals surface area contributed by atoms with Crippen molar-refractivity contribution in [2.45, 2.75) is 33.1 Å². The van der Waals surface area contributed by atoms with Crippen molar-refractivity contribution in [3.63, 3.8) is 0 Å². The third-order valence-corrected chi connectivity index (χ3v) is 4.54. The zero-order chi connectivity index (χ0) is 18.4. The smallest absolute Gasteiger partial charge is 0.225 e. The lowest BCUT2D eigenvalue weighted by molar-refractivity contribution is -0.138. The molecular formula is C19H25FN2O3. The molecule has 1 aromatic carbocycles. The highest BCUT2D eigenvalue weighted by atomic mass is 19.1. The molecule has 25 heavy (non-hydrogen) atoms. The van der Waals surface area contributed by atoms with Gasteiger partial charge in [-0.2, -0.15) is 0 Å². The highest BCUT2D eigenvalue weighted by molar-refractivity contribution is 5.98. The number of benzene rings is 1. The number of ketones is 1. The number of Topliss-reactive ketones (excluding diaryl/α,β-unsaturated/α-hetero) is 1. The molecule has 1 saturated heterocycles. The SMILES string of the molecule is CCNC(=O)[C@@H]1CCCN(C(=O)[C@@H](C)CC(=O)c2ccccc2F)C1. The molecule has 1 heterocycles. The van der Waals surface area contributed by atoms with Crippen molar-refractivity contribution < 1.29 is 18.8 Å². The van der Waals surface area contributed by atoms with Gasteiger partial charge in [-0.25, -0.2) is 4.39 Å². The Morgan fingerprint density at radius 2 is 2.04 bits per heavy atom. The van der Waals surface area contributed by atoms with Gasteiger partial charge in [-0.1, -0.05) is 19.1 Å². The van der Waals surface area contributed by atoms with Crippen LogP contribution >= 0.6 is 0 Å². The first-order valence-electron chi connectivity index (χ1n) is 8.78. The summed E-state index contributed by atoms with van der Waals surface area (Å²) in [6.07, 6.45) is 1.49. The monoisotopic (exact) mass is 348 g/mol. The van der Waals surface area contributed by atoms with Crippen molar-refractivity contribution in [1.29, 1.82) is 0 Å². The molecule has 2 atom stereocenters. The number of rotatable bonds is 6. The van der Waals surface area contributed by atoms with Crippen LogP contribution in [-0.4, -0.2) is 42.1 Å². The summed E-state index contributed by atoms with van der Waals surface area (Å²) in [6.45, 7) is 5.07. The van der Waals surface area contributed by atoms with Gasteiger partial charge < -0.3 is 10.2 Å². The van der Waals surface area contributed by atoms with Crippen LogP contribution in [-0.2, 0) is 9.59 Å². The molecule has 0 aromatic heterocycles. The van der Waals surface area contributed by atoms with Gasteiger partial charge in [-0.15, -0.1) is 0 Å². The Bertz CT molecular complexity index is 647. The number of hydrogen-bond donors (Lipinski definition) is 1. The molecule has 1 aromatic rings. The van der Waals surface area contributed by atoms with Crippen LogP contribution in [0.3, 0.4) is 0 Å². The molecule has 5 nitrogen and oxygen atoms in total. The standard InChI is InChI=1S/C19H25FN2O3/c1-3-21-18(24)14-7-6-10-22(12-14)19(25)13(2)11-17(23)15-8-4-5-9-16(15)20/h4-5,8-9,13-14H,3,6-7,10-12H2,1-2H3,(H,21,24)/t13-,14+/m0/s1. The minimum atomic E-state index is -0.568. The maximum Gasteiger partial charge on any atom is 0.225 e. The largest absolute Gasteiger partial charge is 0.356 e. The second-order valence-electron chi connectivity index (χ2n) is 6.53. The molecule has 136 valence electrons. The fourth-order valence-electron chi connectivity index (χ4n) is 3.18. The van der Waals surface area contributed by atoms with Crippen LogP contribution in [0, 0.1) is 17.7 Å². The van der Waals surface area contributed by atoms with Crippen LogP contribution in [0.5, 0.6) is 0 Å². The summed E-state index contributed by atoms with van der Waals surface area (Å²) in [7, 11) is 0. The number of carbonyl (C=O) groups excluding carboxylic acids is 3. The topological polar surface area (TPSA) is 66.5 Å². The van der Waals surface area contributed by atoms with Gasteiger partial charge in [0.25, 0.3) is 0 Å². The van der Waals surface area contributed by atoms with E-state index in [9.17, 15) is 18.8 Å². The third kappa shape index (κ3) is 4.87. The molecule has 0 bridgehead atoms. The van der Waals surface area contributed by atoms with E-state index < -0.39 is 11.7 Å². The minimum Gasteiger partial charge on any atom is -0.356 e. The molecule has 2 rings (SSSR count). The summed E-state index contributed by atoms with van der Waals surface area (Å²) in [6, 6.07) is 5.79. The van der Waals surface area contributed by atoms with Crippen LogP contribution in [0.25, 0.3) is 0 Å². The van der Waals surface area contributed by atoms with E-state index in [2.05, 4.69) is 5.32 Å². The summed E-state index contributed by atoms with van der Waals surface area (Å²) in [5, 5.41) is 2.79. The summed E-state index contributed by atoms with van der Waals surface area (Å²) < 4.78 is 13.7. The second kappa shape index (κ2) is 8.74. The summed E-state index contributed by atoms with van der Waals surface area (Å²) in [4.78, 5) is 38.5. The fourth-order valence-corrected chi connectivity index (χ4v) is 3.18. The normalized spacial score (nSPS) is 18.5. The minimum absolute atomic E-state index is 0.0148. The Hall–Kier alpha value is -2.24. The lowest BCUT2D eigenvalue weighted by Gasteiger charge is -2.33. The highest BCUT2D eigenvalue weighted by Gasteiger charge is 2.31. The Balaban J connectivity index is 1.96. The third-order valence-electron chi connectivity index (χ3n) is 4.54. The molecule has 0 unspecified atom stereocenters. The van der Waals surface area contributed by atoms with E-state index in [1.165, 1.54) is 18.2 Å². The molecule has 1 fully saturated rings. The van der Waals surface area contributed by atoms with Crippen molar-refractivity contribution >= 4 is 17.6 Å². The van der Waals surface area contributed by atoms with Crippen molar-refractivity contribution in [3.8, 4) is 0 Å². The first-order chi connectivity index (χ1) is 11.9. The molecule has 0 spiro atoms. The van der Waals surface area contributed by atoms with Gasteiger partial charge in [-0.3, -0.25) is 14.4 Å². The van der Waals surface area contributed by atoms with Crippen LogP contribution in [0.4, 0.5) is 4.39 Å². The number of hydrogen-bond acceptors (Lipinski definition) is 3. The quantitative estimate of drug-likeness (QED) is 0.803. The zero-order valence-electron chi connectivity index (χ0n) is 14.8. The van der Waals surface area contributed by atoms with E-state index in [1.807, 2.05) is 6.92 Å². The van der Waals surface area contributed by atoms with Gasteiger partial charge in [0.1, 0.15) is 5.82 Å². The van der Waals surface area contributed by atoms with E-state index >= 15 is 0 Å². The van der Waals surface area contributed by atoms with Gasteiger partial charge in [0.05, 0.1) is 11.5 Å². The van der Waals surface area contributed by atoms with Crippen molar-refractivity contribution in [2.24, 2.45) is 11.8 Å². The summed E-state index contributed by atoms with van der Waals surface area (Å²) in [5.74, 6) is -1.88. The fraction of sp³-hybridized carbons (Fsp3) is 0.526. The predicted molar refractivity (Wildman–Crippen MR) is 92.5 cm³/mol. The van der Waals surface area contributed by atoms with Crippen molar-refractivity contribution in [3.05, 3.63) is 35.6 Å². The van der Waals surface area contributed by atoms with Gasteiger partial charge in [0.2, 0.25) is 11.8 Å². The van der Waals surface area contributed by atoms with Crippen molar-refractivity contribution in [1.82, 2.24) is 10.2 Å². The van der Waals surface area contributed by atoms with E-state index in [0.717, 1.165) is 12.8 Å². The number of halogens is 1. The van der Waals surface area contributed by atoms with E-state index in [4.69, 9.17) is 0 Å². The average Bonchev–Trinajstić information content (AvgIpc) is 2.61. The summed E-state index contributed by atoms with van der Waals surface area (Å²) in [5.41, 5.74) is 0.0148. The molecule has 1 aliphatic rings. The van der Waals surface area contributed by atoms with Crippen LogP contribution in [0.2, 0.25) is 0 Å². The number of nitrogens with zero attached hydrogens (tertiary/aromatic N) is 1. The van der Waals surface area contributed by atoms with Crippen LogP contribution in [0.1, 0.15) is 43.5 Å². The van der Waals surface area contributed by atoms with Crippen molar-refractivity contribution in [2.75, 3.05) is 19.6 Å². The van der Waals surface area contributed by atoms with Gasteiger partial charge in [0, 0.05) is 32.0 Å². The lowest BCUT2D eigenvalue weighted by atomic mass is 9.94. The second-order valence-corrected chi connectivity index (χ2v) is 6.53. The number of piperidine rings is 1. The number of carbonyl (C=O) groups is 3. The molecular weight excluding hydrogens is 323 g/mol. The molecule has 6 heteroatoms. The molecule has 1 N–H and O–H groups in total. The Labute approximate surface area is 147 Å². The molecule has 0 saturated carbocycles. The Kier molecular flexibility index (Phi) is 6.67. The zero-order valence-corrected chi connectivity index (χ0v) is 14.8. The maximum atomic E-state index is 13.7. The molecule has 0 aliphatic carbocycles. The van der Waals surface area contributed by atoms with E-state index in [0.29, 0.717) is 19.6 Å². The Morgan fingerprint density at radius 1 is 1.32 bits per heavy atom. The maximum absolute atomic E-state index is 13.7. The number of likely N-dealkylation sites (tertiary alicyclic amines) is 1. The van der Waals surface area contributed by atoms with E-state index in [1.54, 1.807) is 17.9 Å².